The molecule has 1 aromatic carbocycles. The van der Waals surface area contributed by atoms with Crippen molar-refractivity contribution in [2.75, 3.05) is 18.0 Å². The molecule has 19 heavy (non-hydrogen) atoms. The number of nitrogens with zero attached hydrogens (tertiary/aromatic N) is 3. The van der Waals surface area contributed by atoms with Crippen molar-refractivity contribution < 1.29 is 0 Å². The minimum atomic E-state index is 0.295. The van der Waals surface area contributed by atoms with Gasteiger partial charge in [-0.3, -0.25) is 0 Å². The summed E-state index contributed by atoms with van der Waals surface area (Å²) < 4.78 is 0. The van der Waals surface area contributed by atoms with Crippen LogP contribution in [0.3, 0.4) is 0 Å². The van der Waals surface area contributed by atoms with E-state index in [2.05, 4.69) is 30.9 Å². The first-order valence-corrected chi connectivity index (χ1v) is 6.91. The van der Waals surface area contributed by atoms with Crippen LogP contribution in [0.15, 0.2) is 18.2 Å². The second-order valence-electron chi connectivity index (χ2n) is 3.87. The molecule has 0 saturated carbocycles. The van der Waals surface area contributed by atoms with Crippen molar-refractivity contribution in [2.45, 2.75) is 40.5 Å². The van der Waals surface area contributed by atoms with Gasteiger partial charge in [0.1, 0.15) is 0 Å². The van der Waals surface area contributed by atoms with Crippen molar-refractivity contribution >= 4 is 5.69 Å². The van der Waals surface area contributed by atoms with Gasteiger partial charge < -0.3 is 4.90 Å². The Morgan fingerprint density at radius 2 is 1.84 bits per heavy atom. The third kappa shape index (κ3) is 5.02. The number of hydrogen-bond donors (Lipinski definition) is 0. The molecule has 1 aromatic rings. The summed E-state index contributed by atoms with van der Waals surface area (Å²) in [6, 6.07) is 10.0. The maximum atomic E-state index is 9.08. The summed E-state index contributed by atoms with van der Waals surface area (Å²) in [5.74, 6) is 0. The standard InChI is InChI=1S/C14H17N3.C2H6/c1-3-9-17(4-2)14-6-5-12(7-8-15)13(10-14)11-16;1-2/h5-6,10H,3-4,7,9H2,1-2H3;1-2H3. The van der Waals surface area contributed by atoms with Gasteiger partial charge in [0.15, 0.2) is 0 Å². The molecule has 0 aliphatic heterocycles. The lowest BCUT2D eigenvalue weighted by molar-refractivity contribution is 0.791. The van der Waals surface area contributed by atoms with Crippen LogP contribution in [-0.4, -0.2) is 13.1 Å². The highest BCUT2D eigenvalue weighted by Crippen LogP contribution is 2.19. The van der Waals surface area contributed by atoms with Gasteiger partial charge in [-0.1, -0.05) is 26.8 Å². The zero-order valence-corrected chi connectivity index (χ0v) is 12.4. The summed E-state index contributed by atoms with van der Waals surface area (Å²) in [7, 11) is 0. The second kappa shape index (κ2) is 9.97. The van der Waals surface area contributed by atoms with Gasteiger partial charge >= 0.3 is 0 Å². The summed E-state index contributed by atoms with van der Waals surface area (Å²) in [5.41, 5.74) is 2.48. The molecule has 0 spiro atoms. The molecule has 0 unspecified atom stereocenters. The third-order valence-electron chi connectivity index (χ3n) is 2.72. The van der Waals surface area contributed by atoms with E-state index in [1.165, 1.54) is 0 Å². The normalized spacial score (nSPS) is 8.74. The molecule has 0 radical (unpaired) electrons. The lowest BCUT2D eigenvalue weighted by Gasteiger charge is -2.22. The van der Waals surface area contributed by atoms with Gasteiger partial charge in [0.2, 0.25) is 0 Å². The van der Waals surface area contributed by atoms with Crippen LogP contribution in [0.2, 0.25) is 0 Å². The number of anilines is 1. The third-order valence-corrected chi connectivity index (χ3v) is 2.72. The highest BCUT2D eigenvalue weighted by molar-refractivity contribution is 5.55. The first-order valence-electron chi connectivity index (χ1n) is 6.91. The zero-order chi connectivity index (χ0) is 14.7. The summed E-state index contributed by atoms with van der Waals surface area (Å²) in [4.78, 5) is 2.23. The van der Waals surface area contributed by atoms with Gasteiger partial charge in [-0.05, 0) is 31.0 Å². The van der Waals surface area contributed by atoms with Crippen molar-refractivity contribution in [3.05, 3.63) is 29.3 Å². The van der Waals surface area contributed by atoms with E-state index >= 15 is 0 Å². The number of nitriles is 2. The fourth-order valence-electron chi connectivity index (χ4n) is 1.84. The van der Waals surface area contributed by atoms with E-state index in [-0.39, 0.29) is 0 Å². The fourth-order valence-corrected chi connectivity index (χ4v) is 1.84. The summed E-state index contributed by atoms with van der Waals surface area (Å²) in [5, 5.41) is 17.8. The van der Waals surface area contributed by atoms with E-state index in [4.69, 9.17) is 10.5 Å². The molecule has 0 aromatic heterocycles. The molecule has 0 aliphatic rings. The second-order valence-corrected chi connectivity index (χ2v) is 3.87. The maximum absolute atomic E-state index is 9.08. The van der Waals surface area contributed by atoms with E-state index < -0.39 is 0 Å². The monoisotopic (exact) mass is 257 g/mol. The lowest BCUT2D eigenvalue weighted by Crippen LogP contribution is -2.23. The smallest absolute Gasteiger partial charge is 0.0995 e. The number of rotatable bonds is 5. The van der Waals surface area contributed by atoms with E-state index in [0.717, 1.165) is 30.8 Å². The predicted octanol–water partition coefficient (Wildman–Crippen LogP) is 3.89. The molecule has 0 aliphatic carbocycles. The molecule has 3 nitrogen and oxygen atoms in total. The van der Waals surface area contributed by atoms with Crippen LogP contribution in [0.4, 0.5) is 5.69 Å². The summed E-state index contributed by atoms with van der Waals surface area (Å²) >= 11 is 0. The van der Waals surface area contributed by atoms with Crippen molar-refractivity contribution in [3.8, 4) is 12.1 Å². The summed E-state index contributed by atoms with van der Waals surface area (Å²) in [6.07, 6.45) is 1.37. The maximum Gasteiger partial charge on any atom is 0.0995 e. The van der Waals surface area contributed by atoms with Crippen LogP contribution in [0.1, 0.15) is 45.2 Å². The molecule has 0 bridgehead atoms. The van der Waals surface area contributed by atoms with Crippen molar-refractivity contribution in [3.63, 3.8) is 0 Å². The minimum Gasteiger partial charge on any atom is -0.372 e. The Bertz CT molecular complexity index is 452. The lowest BCUT2D eigenvalue weighted by atomic mass is 10.0. The Morgan fingerprint density at radius 1 is 1.16 bits per heavy atom. The van der Waals surface area contributed by atoms with Crippen LogP contribution in [0, 0.1) is 22.7 Å². The molecule has 0 N–H and O–H groups in total. The highest BCUT2D eigenvalue weighted by Gasteiger charge is 2.07. The molecule has 0 atom stereocenters. The van der Waals surface area contributed by atoms with E-state index in [1.807, 2.05) is 32.0 Å². The Morgan fingerprint density at radius 3 is 2.32 bits per heavy atom. The topological polar surface area (TPSA) is 50.8 Å². The van der Waals surface area contributed by atoms with Gasteiger partial charge in [0.05, 0.1) is 24.1 Å². The van der Waals surface area contributed by atoms with E-state index in [9.17, 15) is 0 Å². The average Bonchev–Trinajstić information content (AvgIpc) is 2.47. The van der Waals surface area contributed by atoms with Crippen LogP contribution in [-0.2, 0) is 6.42 Å². The first-order chi connectivity index (χ1) is 9.26. The number of benzene rings is 1. The van der Waals surface area contributed by atoms with Crippen LogP contribution >= 0.6 is 0 Å². The predicted molar refractivity (Wildman–Crippen MR) is 80.0 cm³/mol. The van der Waals surface area contributed by atoms with Gasteiger partial charge in [0.25, 0.3) is 0 Å². The SMILES string of the molecule is CC.CCCN(CC)c1ccc(CC#N)c(C#N)c1. The molecular formula is C16H23N3. The quantitative estimate of drug-likeness (QED) is 0.804. The van der Waals surface area contributed by atoms with E-state index in [0.29, 0.717) is 12.0 Å². The van der Waals surface area contributed by atoms with Gasteiger partial charge in [-0.2, -0.15) is 10.5 Å². The Hall–Kier alpha value is -2.00. The molecule has 0 heterocycles. The van der Waals surface area contributed by atoms with Crippen LogP contribution < -0.4 is 4.90 Å². The largest absolute Gasteiger partial charge is 0.372 e. The average molecular weight is 257 g/mol. The molecule has 0 saturated heterocycles. The van der Waals surface area contributed by atoms with E-state index in [1.54, 1.807) is 0 Å². The Labute approximate surface area is 117 Å². The molecule has 0 amide bonds. The highest BCUT2D eigenvalue weighted by atomic mass is 15.1. The number of hydrogen-bond acceptors (Lipinski definition) is 3. The molecule has 1 rings (SSSR count). The van der Waals surface area contributed by atoms with Crippen LogP contribution in [0.5, 0.6) is 0 Å². The van der Waals surface area contributed by atoms with Crippen molar-refractivity contribution in [1.82, 2.24) is 0 Å². The zero-order valence-electron chi connectivity index (χ0n) is 12.4. The van der Waals surface area contributed by atoms with Gasteiger partial charge in [0, 0.05) is 18.8 Å². The van der Waals surface area contributed by atoms with Crippen molar-refractivity contribution in [1.29, 1.82) is 10.5 Å². The Kier molecular flexibility index (Phi) is 8.92. The van der Waals surface area contributed by atoms with Crippen molar-refractivity contribution in [2.24, 2.45) is 0 Å². The molecule has 102 valence electrons. The fraction of sp³-hybridized carbons (Fsp3) is 0.500. The van der Waals surface area contributed by atoms with Gasteiger partial charge in [-0.25, -0.2) is 0 Å². The Balaban J connectivity index is 0.00000154. The van der Waals surface area contributed by atoms with Gasteiger partial charge in [-0.15, -0.1) is 0 Å². The molecular weight excluding hydrogens is 234 g/mol. The minimum absolute atomic E-state index is 0.295. The molecule has 0 fully saturated rings. The molecule has 3 heteroatoms. The van der Waals surface area contributed by atoms with Crippen LogP contribution in [0.25, 0.3) is 0 Å². The first kappa shape index (κ1) is 17.0. The summed E-state index contributed by atoms with van der Waals surface area (Å²) in [6.45, 7) is 10.2.